The van der Waals surface area contributed by atoms with Gasteiger partial charge in [0.2, 0.25) is 0 Å². The summed E-state index contributed by atoms with van der Waals surface area (Å²) in [5, 5.41) is 0.487. The van der Waals surface area contributed by atoms with Crippen LogP contribution in [0.25, 0.3) is 10.9 Å². The number of pyridine rings is 1. The minimum Gasteiger partial charge on any atom is -0.276 e. The van der Waals surface area contributed by atoms with E-state index in [1.54, 1.807) is 6.07 Å². The van der Waals surface area contributed by atoms with Gasteiger partial charge in [0.05, 0.1) is 11.1 Å². The normalized spacial score (nSPS) is 9.94. The third-order valence-electron chi connectivity index (χ3n) is 2.50. The van der Waals surface area contributed by atoms with Crippen molar-refractivity contribution in [1.82, 2.24) is 4.98 Å². The van der Waals surface area contributed by atoms with Crippen LogP contribution in [-0.2, 0) is 0 Å². The van der Waals surface area contributed by atoms with Crippen LogP contribution in [-0.4, -0.2) is 10.2 Å². The summed E-state index contributed by atoms with van der Waals surface area (Å²) in [6.07, 6.45) is 0. The quantitative estimate of drug-likeness (QED) is 0.729. The Kier molecular flexibility index (Phi) is 3.89. The first-order chi connectivity index (χ1) is 7.09. The number of para-hydroxylation sites is 1. The summed E-state index contributed by atoms with van der Waals surface area (Å²) in [5.41, 5.74) is 3.19. The topological polar surface area (TPSA) is 30.0 Å². The Bertz CT molecular complexity index is 552. The highest BCUT2D eigenvalue weighted by molar-refractivity contribution is 6.68. The Morgan fingerprint density at radius 1 is 1.31 bits per heavy atom. The van der Waals surface area contributed by atoms with Crippen molar-refractivity contribution >= 4 is 40.2 Å². The fraction of sp³-hybridized carbons (Fsp3) is 0.167. The van der Waals surface area contributed by atoms with Gasteiger partial charge in [-0.3, -0.25) is 9.78 Å². The predicted octanol–water partition coefficient (Wildman–Crippen LogP) is 3.65. The minimum absolute atomic E-state index is 0. The summed E-state index contributed by atoms with van der Waals surface area (Å²) >= 11 is 5.50. The number of hydrogen-bond donors (Lipinski definition) is 0. The van der Waals surface area contributed by atoms with Crippen LogP contribution >= 0.6 is 24.0 Å². The van der Waals surface area contributed by atoms with Gasteiger partial charge in [-0.2, -0.15) is 0 Å². The Labute approximate surface area is 105 Å². The van der Waals surface area contributed by atoms with Crippen molar-refractivity contribution in [3.8, 4) is 0 Å². The van der Waals surface area contributed by atoms with E-state index in [2.05, 4.69) is 4.98 Å². The van der Waals surface area contributed by atoms with Gasteiger partial charge < -0.3 is 0 Å². The number of aryl methyl sites for hydroxylation is 2. The predicted molar refractivity (Wildman–Crippen MR) is 68.6 cm³/mol. The summed E-state index contributed by atoms with van der Waals surface area (Å²) in [4.78, 5) is 15.6. The second kappa shape index (κ2) is 4.81. The second-order valence-electron chi connectivity index (χ2n) is 3.54. The molecule has 2 nitrogen and oxygen atoms in total. The highest BCUT2D eigenvalue weighted by Crippen LogP contribution is 2.20. The van der Waals surface area contributed by atoms with Crippen molar-refractivity contribution < 1.29 is 4.79 Å². The van der Waals surface area contributed by atoms with Gasteiger partial charge in [0.25, 0.3) is 5.24 Å². The molecule has 0 atom stereocenters. The molecule has 0 unspecified atom stereocenters. The maximum absolute atomic E-state index is 11.2. The zero-order valence-corrected chi connectivity index (χ0v) is 10.5. The number of carbonyl (C=O) groups is 1. The van der Waals surface area contributed by atoms with E-state index >= 15 is 0 Å². The van der Waals surface area contributed by atoms with Crippen molar-refractivity contribution in [2.75, 3.05) is 0 Å². The Hall–Kier alpha value is -1.12. The number of carbonyl (C=O) groups excluding carboxylic acids is 1. The maximum Gasteiger partial charge on any atom is 0.254 e. The molecule has 16 heavy (non-hydrogen) atoms. The molecule has 0 saturated heterocycles. The van der Waals surface area contributed by atoms with Crippen molar-refractivity contribution in [3.05, 3.63) is 41.1 Å². The van der Waals surface area contributed by atoms with Gasteiger partial charge >= 0.3 is 0 Å². The molecule has 0 amide bonds. The first-order valence-electron chi connectivity index (χ1n) is 4.66. The van der Waals surface area contributed by atoms with Gasteiger partial charge in [0.15, 0.2) is 0 Å². The highest BCUT2D eigenvalue weighted by Gasteiger charge is 2.09. The summed E-state index contributed by atoms with van der Waals surface area (Å²) < 4.78 is 0. The van der Waals surface area contributed by atoms with Crippen molar-refractivity contribution in [1.29, 1.82) is 0 Å². The van der Waals surface area contributed by atoms with Gasteiger partial charge in [0, 0.05) is 11.1 Å². The zero-order chi connectivity index (χ0) is 11.0. The number of rotatable bonds is 1. The molecule has 0 aliphatic carbocycles. The van der Waals surface area contributed by atoms with Gasteiger partial charge in [-0.05, 0) is 43.1 Å². The molecular formula is C12H11Cl2NO. The molecule has 1 aromatic carbocycles. The van der Waals surface area contributed by atoms with Crippen LogP contribution in [0.5, 0.6) is 0 Å². The molecule has 0 bridgehead atoms. The lowest BCUT2D eigenvalue weighted by Gasteiger charge is -2.05. The Morgan fingerprint density at radius 2 is 2.00 bits per heavy atom. The molecule has 1 heterocycles. The van der Waals surface area contributed by atoms with Gasteiger partial charge in [-0.1, -0.05) is 12.1 Å². The molecule has 0 aliphatic heterocycles. The lowest BCUT2D eigenvalue weighted by atomic mass is 10.1. The summed E-state index contributed by atoms with van der Waals surface area (Å²) in [7, 11) is 0. The lowest BCUT2D eigenvalue weighted by molar-refractivity contribution is 0.108. The van der Waals surface area contributed by atoms with E-state index in [0.717, 1.165) is 16.6 Å². The van der Waals surface area contributed by atoms with Gasteiger partial charge in [0.1, 0.15) is 0 Å². The van der Waals surface area contributed by atoms with Gasteiger partial charge in [-0.25, -0.2) is 0 Å². The average molecular weight is 256 g/mol. The average Bonchev–Trinajstić information content (AvgIpc) is 2.18. The molecule has 4 heteroatoms. The molecular weight excluding hydrogens is 245 g/mol. The number of nitrogens with zero attached hydrogens (tertiary/aromatic N) is 1. The van der Waals surface area contributed by atoms with E-state index in [9.17, 15) is 4.79 Å². The van der Waals surface area contributed by atoms with Gasteiger partial charge in [-0.15, -0.1) is 12.4 Å². The van der Waals surface area contributed by atoms with E-state index in [0.29, 0.717) is 11.1 Å². The molecule has 2 aromatic rings. The van der Waals surface area contributed by atoms with Crippen molar-refractivity contribution in [2.24, 2.45) is 0 Å². The fourth-order valence-corrected chi connectivity index (χ4v) is 1.71. The molecule has 0 fully saturated rings. The molecule has 0 radical (unpaired) electrons. The monoisotopic (exact) mass is 255 g/mol. The van der Waals surface area contributed by atoms with Crippen LogP contribution in [0.3, 0.4) is 0 Å². The number of fused-ring (bicyclic) bond motifs is 1. The number of hydrogen-bond acceptors (Lipinski definition) is 2. The van der Waals surface area contributed by atoms with E-state index < -0.39 is 5.24 Å². The maximum atomic E-state index is 11.2. The van der Waals surface area contributed by atoms with E-state index in [1.165, 1.54) is 0 Å². The number of aromatic nitrogens is 1. The van der Waals surface area contributed by atoms with Crippen LogP contribution in [0.15, 0.2) is 24.3 Å². The largest absolute Gasteiger partial charge is 0.276 e. The molecule has 0 saturated carbocycles. The van der Waals surface area contributed by atoms with Crippen LogP contribution in [0.2, 0.25) is 0 Å². The summed E-state index contributed by atoms with van der Waals surface area (Å²) in [6.45, 7) is 3.92. The minimum atomic E-state index is -0.462. The first kappa shape index (κ1) is 12.9. The van der Waals surface area contributed by atoms with Crippen molar-refractivity contribution in [3.63, 3.8) is 0 Å². The van der Waals surface area contributed by atoms with Crippen molar-refractivity contribution in [2.45, 2.75) is 13.8 Å². The highest BCUT2D eigenvalue weighted by atomic mass is 35.5. The second-order valence-corrected chi connectivity index (χ2v) is 3.88. The van der Waals surface area contributed by atoms with Crippen LogP contribution in [0, 0.1) is 13.8 Å². The summed E-state index contributed by atoms with van der Waals surface area (Å²) in [5.74, 6) is 0. The molecule has 1 aromatic heterocycles. The van der Waals surface area contributed by atoms with E-state index in [4.69, 9.17) is 11.6 Å². The molecule has 0 spiro atoms. The first-order valence-corrected chi connectivity index (χ1v) is 5.04. The fourth-order valence-electron chi connectivity index (χ4n) is 1.55. The molecule has 0 N–H and O–H groups in total. The van der Waals surface area contributed by atoms with Crippen LogP contribution < -0.4 is 0 Å². The summed E-state index contributed by atoms with van der Waals surface area (Å²) in [6, 6.07) is 7.45. The zero-order valence-electron chi connectivity index (χ0n) is 8.95. The smallest absolute Gasteiger partial charge is 0.254 e. The van der Waals surface area contributed by atoms with E-state index in [-0.39, 0.29) is 12.4 Å². The lowest BCUT2D eigenvalue weighted by Crippen LogP contribution is -1.95. The number of halogens is 2. The van der Waals surface area contributed by atoms with Crippen LogP contribution in [0.4, 0.5) is 0 Å². The molecule has 2 rings (SSSR count). The Morgan fingerprint density at radius 3 is 2.62 bits per heavy atom. The third kappa shape index (κ3) is 2.18. The third-order valence-corrected chi connectivity index (χ3v) is 2.70. The Balaban J connectivity index is 0.00000128. The van der Waals surface area contributed by atoms with E-state index in [1.807, 2.05) is 32.0 Å². The molecule has 84 valence electrons. The standard InChI is InChI=1S/C12H10ClNO.ClH/c1-7-6-9-4-3-5-10(12(13)15)11(9)14-8(7)2;/h3-6H,1-2H3;1H. The molecule has 0 aliphatic rings. The number of benzene rings is 1. The SMILES string of the molecule is Cc1cc2cccc(C(=O)Cl)c2nc1C.Cl. The van der Waals surface area contributed by atoms with Crippen LogP contribution in [0.1, 0.15) is 21.6 Å².